The minimum Gasteiger partial charge on any atom is -0.366 e. The SMILES string of the molecule is C=C/C(=C\C(=C)C(C)C)C(N)=O. The molecule has 0 spiro atoms. The molecule has 66 valence electrons. The van der Waals surface area contributed by atoms with Gasteiger partial charge in [0.2, 0.25) is 5.91 Å². The molecule has 0 aliphatic rings. The van der Waals surface area contributed by atoms with Crippen molar-refractivity contribution in [2.24, 2.45) is 11.7 Å². The number of rotatable bonds is 4. The summed E-state index contributed by atoms with van der Waals surface area (Å²) in [7, 11) is 0. The van der Waals surface area contributed by atoms with Gasteiger partial charge >= 0.3 is 0 Å². The molecule has 0 aromatic heterocycles. The number of nitrogens with two attached hydrogens (primary N) is 1. The summed E-state index contributed by atoms with van der Waals surface area (Å²) in [5.41, 5.74) is 6.37. The van der Waals surface area contributed by atoms with E-state index in [9.17, 15) is 4.79 Å². The lowest BCUT2D eigenvalue weighted by atomic mass is 10.0. The lowest BCUT2D eigenvalue weighted by molar-refractivity contribution is -0.114. The second-order valence-electron chi connectivity index (χ2n) is 2.90. The van der Waals surface area contributed by atoms with Crippen LogP contribution in [0, 0.1) is 5.92 Å². The minimum absolute atomic E-state index is 0.319. The average Bonchev–Trinajstić information content (AvgIpc) is 1.98. The summed E-state index contributed by atoms with van der Waals surface area (Å²) in [6, 6.07) is 0. The van der Waals surface area contributed by atoms with E-state index in [1.807, 2.05) is 13.8 Å². The summed E-state index contributed by atoms with van der Waals surface area (Å²) in [5, 5.41) is 0. The average molecular weight is 165 g/mol. The Kier molecular flexibility index (Phi) is 4.05. The van der Waals surface area contributed by atoms with Crippen molar-refractivity contribution in [2.45, 2.75) is 13.8 Å². The minimum atomic E-state index is -0.466. The Balaban J connectivity index is 4.61. The van der Waals surface area contributed by atoms with Crippen molar-refractivity contribution in [1.29, 1.82) is 0 Å². The number of hydrogen-bond donors (Lipinski definition) is 1. The molecule has 0 bridgehead atoms. The molecule has 2 heteroatoms. The van der Waals surface area contributed by atoms with Crippen LogP contribution < -0.4 is 5.73 Å². The Morgan fingerprint density at radius 1 is 1.50 bits per heavy atom. The molecule has 0 saturated carbocycles. The van der Waals surface area contributed by atoms with Crippen LogP contribution in [-0.2, 0) is 4.79 Å². The predicted octanol–water partition coefficient (Wildman–Crippen LogP) is 1.80. The highest BCUT2D eigenvalue weighted by molar-refractivity contribution is 5.95. The fraction of sp³-hybridized carbons (Fsp3) is 0.300. The number of amides is 1. The van der Waals surface area contributed by atoms with E-state index in [1.165, 1.54) is 6.08 Å². The molecule has 0 aliphatic heterocycles. The maximum absolute atomic E-state index is 10.7. The molecule has 1 amide bonds. The summed E-state index contributed by atoms with van der Waals surface area (Å²) in [4.78, 5) is 10.7. The van der Waals surface area contributed by atoms with Crippen molar-refractivity contribution in [1.82, 2.24) is 0 Å². The van der Waals surface area contributed by atoms with Gasteiger partial charge in [0.1, 0.15) is 0 Å². The van der Waals surface area contributed by atoms with Crippen LogP contribution in [0.25, 0.3) is 0 Å². The van der Waals surface area contributed by atoms with Crippen molar-refractivity contribution < 1.29 is 4.79 Å². The van der Waals surface area contributed by atoms with E-state index in [0.717, 1.165) is 5.57 Å². The zero-order valence-electron chi connectivity index (χ0n) is 7.63. The van der Waals surface area contributed by atoms with Gasteiger partial charge in [-0.15, -0.1) is 0 Å². The van der Waals surface area contributed by atoms with Crippen molar-refractivity contribution in [3.8, 4) is 0 Å². The maximum Gasteiger partial charge on any atom is 0.248 e. The molecule has 2 nitrogen and oxygen atoms in total. The number of hydrogen-bond acceptors (Lipinski definition) is 1. The first-order chi connectivity index (χ1) is 5.49. The molecule has 0 rings (SSSR count). The van der Waals surface area contributed by atoms with E-state index in [0.29, 0.717) is 11.5 Å². The van der Waals surface area contributed by atoms with Crippen LogP contribution in [0.4, 0.5) is 0 Å². The third-order valence-electron chi connectivity index (χ3n) is 1.59. The summed E-state index contributed by atoms with van der Waals surface area (Å²) in [5.74, 6) is -0.147. The number of carbonyl (C=O) groups excluding carboxylic acids is 1. The highest BCUT2D eigenvalue weighted by Crippen LogP contribution is 2.10. The molecular formula is C10H15NO. The molecule has 0 heterocycles. The number of allylic oxidation sites excluding steroid dienone is 2. The molecule has 0 atom stereocenters. The Morgan fingerprint density at radius 2 is 2.00 bits per heavy atom. The second kappa shape index (κ2) is 4.54. The largest absolute Gasteiger partial charge is 0.366 e. The Morgan fingerprint density at radius 3 is 2.25 bits per heavy atom. The van der Waals surface area contributed by atoms with Gasteiger partial charge in [-0.2, -0.15) is 0 Å². The molecule has 2 N–H and O–H groups in total. The van der Waals surface area contributed by atoms with E-state index < -0.39 is 5.91 Å². The van der Waals surface area contributed by atoms with Gasteiger partial charge in [-0.25, -0.2) is 0 Å². The summed E-state index contributed by atoms with van der Waals surface area (Å²) >= 11 is 0. The zero-order valence-corrected chi connectivity index (χ0v) is 7.63. The Bertz CT molecular complexity index is 236. The molecular weight excluding hydrogens is 150 g/mol. The molecule has 0 aromatic rings. The Labute approximate surface area is 73.5 Å². The van der Waals surface area contributed by atoms with Crippen molar-refractivity contribution >= 4 is 5.91 Å². The van der Waals surface area contributed by atoms with Gasteiger partial charge in [0, 0.05) is 5.57 Å². The van der Waals surface area contributed by atoms with E-state index in [1.54, 1.807) is 6.08 Å². The van der Waals surface area contributed by atoms with Gasteiger partial charge in [-0.1, -0.05) is 38.7 Å². The standard InChI is InChI=1S/C10H15NO/c1-5-9(10(11)12)6-8(4)7(2)3/h5-7H,1,4H2,2-3H3,(H2,11,12)/b9-6+. The fourth-order valence-corrected chi connectivity index (χ4v) is 0.597. The van der Waals surface area contributed by atoms with Crippen LogP contribution in [-0.4, -0.2) is 5.91 Å². The van der Waals surface area contributed by atoms with Crippen molar-refractivity contribution in [3.05, 3.63) is 36.5 Å². The van der Waals surface area contributed by atoms with E-state index in [4.69, 9.17) is 5.73 Å². The fourth-order valence-electron chi connectivity index (χ4n) is 0.597. The molecule has 0 saturated heterocycles. The molecule has 0 fully saturated rings. The van der Waals surface area contributed by atoms with Gasteiger partial charge in [0.15, 0.2) is 0 Å². The van der Waals surface area contributed by atoms with Crippen LogP contribution in [0.15, 0.2) is 36.5 Å². The third-order valence-corrected chi connectivity index (χ3v) is 1.59. The van der Waals surface area contributed by atoms with E-state index in [2.05, 4.69) is 13.2 Å². The topological polar surface area (TPSA) is 43.1 Å². The van der Waals surface area contributed by atoms with Crippen LogP contribution in [0.1, 0.15) is 13.8 Å². The summed E-state index contributed by atoms with van der Waals surface area (Å²) in [6.45, 7) is 11.3. The highest BCUT2D eigenvalue weighted by atomic mass is 16.1. The summed E-state index contributed by atoms with van der Waals surface area (Å²) in [6.07, 6.45) is 3.11. The lowest BCUT2D eigenvalue weighted by Crippen LogP contribution is -2.12. The van der Waals surface area contributed by atoms with E-state index >= 15 is 0 Å². The quantitative estimate of drug-likeness (QED) is 0.501. The Hall–Kier alpha value is -1.31. The van der Waals surface area contributed by atoms with Crippen molar-refractivity contribution in [3.63, 3.8) is 0 Å². The first kappa shape index (κ1) is 10.7. The lowest BCUT2D eigenvalue weighted by Gasteiger charge is -2.04. The normalized spacial score (nSPS) is 11.4. The van der Waals surface area contributed by atoms with Gasteiger partial charge in [0.05, 0.1) is 0 Å². The zero-order chi connectivity index (χ0) is 9.72. The highest BCUT2D eigenvalue weighted by Gasteiger charge is 2.02. The third kappa shape index (κ3) is 3.19. The van der Waals surface area contributed by atoms with E-state index in [-0.39, 0.29) is 0 Å². The number of carbonyl (C=O) groups is 1. The monoisotopic (exact) mass is 165 g/mol. The van der Waals surface area contributed by atoms with Crippen LogP contribution in [0.2, 0.25) is 0 Å². The predicted molar refractivity (Wildman–Crippen MR) is 51.5 cm³/mol. The van der Waals surface area contributed by atoms with Crippen LogP contribution in [0.5, 0.6) is 0 Å². The molecule has 12 heavy (non-hydrogen) atoms. The van der Waals surface area contributed by atoms with Gasteiger partial charge < -0.3 is 5.73 Å². The first-order valence-electron chi connectivity index (χ1n) is 3.81. The van der Waals surface area contributed by atoms with Gasteiger partial charge in [-0.05, 0) is 12.0 Å². The second-order valence-corrected chi connectivity index (χ2v) is 2.90. The summed E-state index contributed by atoms with van der Waals surface area (Å²) < 4.78 is 0. The van der Waals surface area contributed by atoms with Crippen LogP contribution in [0.3, 0.4) is 0 Å². The smallest absolute Gasteiger partial charge is 0.248 e. The first-order valence-corrected chi connectivity index (χ1v) is 3.81. The van der Waals surface area contributed by atoms with Gasteiger partial charge in [0.25, 0.3) is 0 Å². The maximum atomic E-state index is 10.7. The molecule has 0 aliphatic carbocycles. The number of primary amides is 1. The van der Waals surface area contributed by atoms with Gasteiger partial charge in [-0.3, -0.25) is 4.79 Å². The van der Waals surface area contributed by atoms with Crippen LogP contribution >= 0.6 is 0 Å². The molecule has 0 aromatic carbocycles. The van der Waals surface area contributed by atoms with Crippen molar-refractivity contribution in [2.75, 3.05) is 0 Å². The molecule has 0 radical (unpaired) electrons. The molecule has 0 unspecified atom stereocenters.